The van der Waals surface area contributed by atoms with Gasteiger partial charge in [-0.2, -0.15) is 0 Å². The van der Waals surface area contributed by atoms with Crippen molar-refractivity contribution in [2.45, 2.75) is 25.7 Å². The van der Waals surface area contributed by atoms with Gasteiger partial charge in [-0.25, -0.2) is 0 Å². The van der Waals surface area contributed by atoms with Crippen LogP contribution in [0.5, 0.6) is 0 Å². The Morgan fingerprint density at radius 3 is 2.46 bits per heavy atom. The van der Waals surface area contributed by atoms with Crippen molar-refractivity contribution < 1.29 is 4.79 Å². The molecule has 0 radical (unpaired) electrons. The number of hydrogen-bond donors (Lipinski definition) is 0. The topological polar surface area (TPSA) is 20.3 Å². The molecule has 0 amide bonds. The van der Waals surface area contributed by atoms with Crippen LogP contribution in [0.15, 0.2) is 52.4 Å². The highest BCUT2D eigenvalue weighted by Gasteiger charge is 2.21. The van der Waals surface area contributed by atoms with Crippen molar-refractivity contribution in [2.24, 2.45) is 11.8 Å². The lowest BCUT2D eigenvalue weighted by Crippen LogP contribution is -2.35. The molecule has 1 saturated heterocycles. The fourth-order valence-electron chi connectivity index (χ4n) is 3.44. The third-order valence-electron chi connectivity index (χ3n) is 4.87. The van der Waals surface area contributed by atoms with Crippen LogP contribution in [0.2, 0.25) is 0 Å². The largest absolute Gasteiger partial charge is 0.303 e. The minimum absolute atomic E-state index is 0.272. The summed E-state index contributed by atoms with van der Waals surface area (Å²) in [6, 6.07) is 3.88. The van der Waals surface area contributed by atoms with Gasteiger partial charge >= 0.3 is 0 Å². The number of likely N-dealkylation sites (tertiary alicyclic amines) is 1. The van der Waals surface area contributed by atoms with E-state index in [1.807, 2.05) is 12.1 Å². The van der Waals surface area contributed by atoms with Crippen LogP contribution in [-0.2, 0) is 0 Å². The molecule has 0 spiro atoms. The summed E-state index contributed by atoms with van der Waals surface area (Å²) < 4.78 is 1.03. The van der Waals surface area contributed by atoms with Crippen LogP contribution >= 0.6 is 27.3 Å². The van der Waals surface area contributed by atoms with Crippen LogP contribution in [-0.4, -0.2) is 30.3 Å². The van der Waals surface area contributed by atoms with Gasteiger partial charge in [0, 0.05) is 13.0 Å². The molecule has 0 unspecified atom stereocenters. The number of rotatable bonds is 6. The zero-order valence-corrected chi connectivity index (χ0v) is 16.3. The molecular formula is C20H24BrNOS. The van der Waals surface area contributed by atoms with Gasteiger partial charge in [-0.1, -0.05) is 36.5 Å². The molecule has 2 nitrogen and oxygen atoms in total. The molecular weight excluding hydrogens is 382 g/mol. The molecule has 0 saturated carbocycles. The zero-order valence-electron chi connectivity index (χ0n) is 13.9. The summed E-state index contributed by atoms with van der Waals surface area (Å²) >= 11 is 4.96. The van der Waals surface area contributed by atoms with E-state index in [2.05, 4.69) is 57.3 Å². The molecule has 2 heterocycles. The third kappa shape index (κ3) is 5.27. The summed E-state index contributed by atoms with van der Waals surface area (Å²) in [7, 11) is 0. The molecule has 1 fully saturated rings. The number of hydrogen-bond acceptors (Lipinski definition) is 3. The van der Waals surface area contributed by atoms with Gasteiger partial charge in [-0.3, -0.25) is 4.79 Å². The van der Waals surface area contributed by atoms with Gasteiger partial charge in [0.25, 0.3) is 0 Å². The first kappa shape index (κ1) is 17.8. The number of nitrogens with zero attached hydrogens (tertiary/aromatic N) is 1. The Balaban J connectivity index is 1.38. The SMILES string of the molecule is O=C(CCN1CCC(CC2C=CC=CC=C2)CC1)c1ccc(Br)s1. The maximum atomic E-state index is 12.2. The van der Waals surface area contributed by atoms with Gasteiger partial charge in [0.1, 0.15) is 0 Å². The number of allylic oxidation sites excluding steroid dienone is 6. The molecule has 1 aromatic rings. The monoisotopic (exact) mass is 405 g/mol. The van der Waals surface area contributed by atoms with Crippen molar-refractivity contribution in [1.29, 1.82) is 0 Å². The first-order chi connectivity index (χ1) is 11.7. The van der Waals surface area contributed by atoms with Gasteiger partial charge in [0.2, 0.25) is 0 Å². The number of carbonyl (C=O) groups excluding carboxylic acids is 1. The van der Waals surface area contributed by atoms with E-state index in [-0.39, 0.29) is 5.78 Å². The lowest BCUT2D eigenvalue weighted by Gasteiger charge is -2.32. The van der Waals surface area contributed by atoms with Crippen molar-refractivity contribution in [1.82, 2.24) is 4.90 Å². The fraction of sp³-hybridized carbons (Fsp3) is 0.450. The standard InChI is InChI=1S/C20H24BrNOS/c21-20-8-7-19(24-20)18(23)11-14-22-12-9-17(10-13-22)15-16-5-3-1-2-4-6-16/h1-8,16-17H,9-15H2. The molecule has 4 heteroatoms. The van der Waals surface area contributed by atoms with E-state index in [1.165, 1.54) is 30.6 Å². The van der Waals surface area contributed by atoms with Crippen molar-refractivity contribution in [3.8, 4) is 0 Å². The first-order valence-electron chi connectivity index (χ1n) is 8.73. The summed E-state index contributed by atoms with van der Waals surface area (Å²) in [6.45, 7) is 3.16. The molecule has 0 aromatic carbocycles. The van der Waals surface area contributed by atoms with Gasteiger partial charge in [0.15, 0.2) is 5.78 Å². The quantitative estimate of drug-likeness (QED) is 0.583. The Morgan fingerprint density at radius 2 is 1.83 bits per heavy atom. The van der Waals surface area contributed by atoms with Gasteiger partial charge in [-0.05, 0) is 72.3 Å². The fourth-order valence-corrected chi connectivity index (χ4v) is 4.79. The lowest BCUT2D eigenvalue weighted by atomic mass is 9.87. The first-order valence-corrected chi connectivity index (χ1v) is 10.3. The highest BCUT2D eigenvalue weighted by molar-refractivity contribution is 9.11. The van der Waals surface area contributed by atoms with Crippen LogP contribution in [0.1, 0.15) is 35.4 Å². The van der Waals surface area contributed by atoms with E-state index in [0.717, 1.165) is 34.2 Å². The third-order valence-corrected chi connectivity index (χ3v) is 6.53. The Labute approximate surface area is 157 Å². The Kier molecular flexibility index (Phi) is 6.64. The highest BCUT2D eigenvalue weighted by atomic mass is 79.9. The predicted octanol–water partition coefficient (Wildman–Crippen LogP) is 5.48. The maximum absolute atomic E-state index is 12.2. The molecule has 0 N–H and O–H groups in total. The summed E-state index contributed by atoms with van der Waals surface area (Å²) in [4.78, 5) is 15.5. The normalized spacial score (nSPS) is 19.7. The molecule has 3 rings (SSSR count). The second-order valence-electron chi connectivity index (χ2n) is 6.62. The highest BCUT2D eigenvalue weighted by Crippen LogP contribution is 2.27. The van der Waals surface area contributed by atoms with Crippen LogP contribution in [0.25, 0.3) is 0 Å². The molecule has 128 valence electrons. The van der Waals surface area contributed by atoms with Crippen molar-refractivity contribution in [2.75, 3.05) is 19.6 Å². The van der Waals surface area contributed by atoms with E-state index in [9.17, 15) is 4.79 Å². The summed E-state index contributed by atoms with van der Waals surface area (Å²) in [5.41, 5.74) is 0. The Morgan fingerprint density at radius 1 is 1.12 bits per heavy atom. The molecule has 1 aliphatic heterocycles. The molecule has 2 aliphatic rings. The van der Waals surface area contributed by atoms with Crippen LogP contribution < -0.4 is 0 Å². The zero-order chi connectivity index (χ0) is 16.8. The smallest absolute Gasteiger partial charge is 0.174 e. The average molecular weight is 406 g/mol. The molecule has 1 aromatic heterocycles. The number of carbonyl (C=O) groups is 1. The Bertz CT molecular complexity index is 622. The molecule has 0 atom stereocenters. The number of thiophene rings is 1. The van der Waals surface area contributed by atoms with Crippen molar-refractivity contribution >= 4 is 33.0 Å². The second kappa shape index (κ2) is 8.93. The van der Waals surface area contributed by atoms with Crippen molar-refractivity contribution in [3.05, 3.63) is 57.3 Å². The summed E-state index contributed by atoms with van der Waals surface area (Å²) in [5.74, 6) is 1.66. The van der Waals surface area contributed by atoms with Crippen LogP contribution in [0, 0.1) is 11.8 Å². The number of ketones is 1. The minimum atomic E-state index is 0.272. The van der Waals surface area contributed by atoms with E-state index in [0.29, 0.717) is 12.3 Å². The average Bonchev–Trinajstić information content (AvgIpc) is 2.87. The number of halogens is 1. The number of Topliss-reactive ketones (excluding diaryl/α,β-unsaturated/α-hetero) is 1. The van der Waals surface area contributed by atoms with Crippen molar-refractivity contribution in [3.63, 3.8) is 0 Å². The summed E-state index contributed by atoms with van der Waals surface area (Å²) in [6.07, 6.45) is 17.5. The van der Waals surface area contributed by atoms with E-state index in [1.54, 1.807) is 0 Å². The minimum Gasteiger partial charge on any atom is -0.303 e. The maximum Gasteiger partial charge on any atom is 0.174 e. The molecule has 24 heavy (non-hydrogen) atoms. The molecule has 1 aliphatic carbocycles. The molecule has 0 bridgehead atoms. The number of piperidine rings is 1. The van der Waals surface area contributed by atoms with E-state index < -0.39 is 0 Å². The Hall–Kier alpha value is -0.970. The van der Waals surface area contributed by atoms with Gasteiger partial charge < -0.3 is 4.90 Å². The lowest BCUT2D eigenvalue weighted by molar-refractivity contribution is 0.0953. The summed E-state index contributed by atoms with van der Waals surface area (Å²) in [5, 5.41) is 0. The van der Waals surface area contributed by atoms with E-state index in [4.69, 9.17) is 0 Å². The van der Waals surface area contributed by atoms with Crippen LogP contribution in [0.4, 0.5) is 0 Å². The van der Waals surface area contributed by atoms with Gasteiger partial charge in [-0.15, -0.1) is 11.3 Å². The van der Waals surface area contributed by atoms with E-state index >= 15 is 0 Å². The second-order valence-corrected chi connectivity index (χ2v) is 9.08. The van der Waals surface area contributed by atoms with Gasteiger partial charge in [0.05, 0.1) is 8.66 Å². The predicted molar refractivity (Wildman–Crippen MR) is 106 cm³/mol. The van der Waals surface area contributed by atoms with Crippen LogP contribution in [0.3, 0.4) is 0 Å².